The largest absolute Gasteiger partial charge is 0.468 e. The molecule has 0 aliphatic rings. The van der Waals surface area contributed by atoms with E-state index in [2.05, 4.69) is 20.5 Å². The number of nitrogens with one attached hydrogen (secondary N) is 2. The lowest BCUT2D eigenvalue weighted by atomic mass is 10.2. The van der Waals surface area contributed by atoms with Crippen molar-refractivity contribution >= 4 is 0 Å². The average Bonchev–Trinajstić information content (AvgIpc) is 2.82. The molecule has 0 aliphatic carbocycles. The second-order valence-corrected chi connectivity index (χ2v) is 4.50. The van der Waals surface area contributed by atoms with E-state index in [1.54, 1.807) is 18.3 Å². The Balaban J connectivity index is 1.92. The molecule has 114 valence electrons. The molecule has 5 nitrogen and oxygen atoms in total. The third-order valence-electron chi connectivity index (χ3n) is 2.79. The highest BCUT2D eigenvalue weighted by Crippen LogP contribution is 2.19. The number of aromatic nitrogens is 3. The highest BCUT2D eigenvalue weighted by atomic mass is 19.4. The van der Waals surface area contributed by atoms with Crippen molar-refractivity contribution in [2.45, 2.75) is 26.2 Å². The van der Waals surface area contributed by atoms with E-state index in [4.69, 9.17) is 4.74 Å². The number of ether oxygens (including phenoxy) is 1. The van der Waals surface area contributed by atoms with Gasteiger partial charge in [0.25, 0.3) is 0 Å². The van der Waals surface area contributed by atoms with Crippen molar-refractivity contribution in [1.82, 2.24) is 20.5 Å². The molecule has 0 aromatic carbocycles. The van der Waals surface area contributed by atoms with E-state index in [1.807, 2.05) is 6.92 Å². The van der Waals surface area contributed by atoms with Crippen molar-refractivity contribution in [3.8, 4) is 5.88 Å². The van der Waals surface area contributed by atoms with Crippen LogP contribution in [0.15, 0.2) is 24.5 Å². The molecule has 0 atom stereocenters. The van der Waals surface area contributed by atoms with Gasteiger partial charge < -0.3 is 10.1 Å². The Morgan fingerprint density at radius 1 is 1.29 bits per heavy atom. The zero-order valence-corrected chi connectivity index (χ0v) is 11.4. The van der Waals surface area contributed by atoms with E-state index in [-0.39, 0.29) is 5.88 Å². The highest BCUT2D eigenvalue weighted by molar-refractivity contribution is 5.25. The molecule has 0 unspecified atom stereocenters. The summed E-state index contributed by atoms with van der Waals surface area (Å²) in [5.41, 5.74) is 2.52. The molecule has 0 amide bonds. The summed E-state index contributed by atoms with van der Waals surface area (Å²) in [6, 6.07) is 3.33. The fourth-order valence-corrected chi connectivity index (χ4v) is 1.72. The normalized spacial score (nSPS) is 11.6. The summed E-state index contributed by atoms with van der Waals surface area (Å²) in [6.07, 6.45) is -1.28. The van der Waals surface area contributed by atoms with Gasteiger partial charge in [-0.05, 0) is 13.0 Å². The summed E-state index contributed by atoms with van der Waals surface area (Å²) in [7, 11) is 0. The van der Waals surface area contributed by atoms with E-state index in [0.29, 0.717) is 18.7 Å². The third kappa shape index (κ3) is 4.75. The maximum atomic E-state index is 12.2. The molecule has 0 saturated carbocycles. The van der Waals surface area contributed by atoms with Crippen LogP contribution in [0.5, 0.6) is 5.88 Å². The minimum absolute atomic E-state index is 0.00811. The maximum Gasteiger partial charge on any atom is 0.422 e. The van der Waals surface area contributed by atoms with Gasteiger partial charge in [-0.25, -0.2) is 4.98 Å². The van der Waals surface area contributed by atoms with Gasteiger partial charge in [0.1, 0.15) is 0 Å². The van der Waals surface area contributed by atoms with Crippen LogP contribution in [0, 0.1) is 6.92 Å². The number of halogens is 3. The first-order chi connectivity index (χ1) is 9.96. The Labute approximate surface area is 119 Å². The maximum absolute atomic E-state index is 12.2. The predicted octanol–water partition coefficient (Wildman–Crippen LogP) is 2.34. The summed E-state index contributed by atoms with van der Waals surface area (Å²) in [5, 5.41) is 9.83. The first kappa shape index (κ1) is 15.3. The number of aryl methyl sites for hydroxylation is 1. The molecule has 0 saturated heterocycles. The summed E-state index contributed by atoms with van der Waals surface area (Å²) in [5.74, 6) is -0.00811. The Bertz CT molecular complexity index is 583. The zero-order valence-electron chi connectivity index (χ0n) is 11.4. The van der Waals surface area contributed by atoms with Crippen molar-refractivity contribution < 1.29 is 17.9 Å². The third-order valence-corrected chi connectivity index (χ3v) is 2.79. The number of alkyl halides is 3. The van der Waals surface area contributed by atoms with E-state index < -0.39 is 12.8 Å². The van der Waals surface area contributed by atoms with Crippen molar-refractivity contribution in [2.75, 3.05) is 6.61 Å². The fraction of sp³-hybridized carbons (Fsp3) is 0.385. The van der Waals surface area contributed by atoms with Crippen LogP contribution in [-0.2, 0) is 13.1 Å². The van der Waals surface area contributed by atoms with E-state index >= 15 is 0 Å². The summed E-state index contributed by atoms with van der Waals surface area (Å²) in [4.78, 5) is 3.83. The first-order valence-electron chi connectivity index (χ1n) is 6.29. The van der Waals surface area contributed by atoms with Gasteiger partial charge in [-0.15, -0.1) is 0 Å². The summed E-state index contributed by atoms with van der Waals surface area (Å²) >= 11 is 0. The molecule has 2 rings (SSSR count). The number of hydrogen-bond acceptors (Lipinski definition) is 4. The average molecular weight is 300 g/mol. The minimum atomic E-state index is -4.38. The van der Waals surface area contributed by atoms with Gasteiger partial charge in [-0.2, -0.15) is 18.3 Å². The van der Waals surface area contributed by atoms with Gasteiger partial charge in [-0.1, -0.05) is 6.07 Å². The molecule has 0 spiro atoms. The molecular formula is C13H15F3N4O. The van der Waals surface area contributed by atoms with Crippen LogP contribution in [0.1, 0.15) is 16.8 Å². The van der Waals surface area contributed by atoms with Crippen LogP contribution in [0.25, 0.3) is 0 Å². The highest BCUT2D eigenvalue weighted by Gasteiger charge is 2.29. The predicted molar refractivity (Wildman–Crippen MR) is 69.7 cm³/mol. The lowest BCUT2D eigenvalue weighted by Gasteiger charge is -2.12. The van der Waals surface area contributed by atoms with Crippen molar-refractivity contribution in [3.63, 3.8) is 0 Å². The number of aromatic amines is 1. The number of pyridine rings is 1. The van der Waals surface area contributed by atoms with Crippen molar-refractivity contribution in [1.29, 1.82) is 0 Å². The lowest BCUT2D eigenvalue weighted by molar-refractivity contribution is -0.154. The number of nitrogens with zero attached hydrogens (tertiary/aromatic N) is 2. The second kappa shape index (κ2) is 6.57. The summed E-state index contributed by atoms with van der Waals surface area (Å²) < 4.78 is 41.2. The van der Waals surface area contributed by atoms with E-state index in [1.165, 1.54) is 6.20 Å². The van der Waals surface area contributed by atoms with Crippen LogP contribution >= 0.6 is 0 Å². The molecule has 2 aromatic heterocycles. The number of H-pyrrole nitrogens is 1. The minimum Gasteiger partial charge on any atom is -0.468 e. The van der Waals surface area contributed by atoms with E-state index in [0.717, 1.165) is 11.3 Å². The van der Waals surface area contributed by atoms with Crippen LogP contribution in [-0.4, -0.2) is 28.0 Å². The topological polar surface area (TPSA) is 62.8 Å². The van der Waals surface area contributed by atoms with Gasteiger partial charge >= 0.3 is 6.18 Å². The fourth-order valence-electron chi connectivity index (χ4n) is 1.72. The Morgan fingerprint density at radius 3 is 2.71 bits per heavy atom. The smallest absolute Gasteiger partial charge is 0.422 e. The summed E-state index contributed by atoms with van der Waals surface area (Å²) in [6.45, 7) is 1.45. The zero-order chi connectivity index (χ0) is 15.3. The number of rotatable bonds is 6. The Kier molecular flexibility index (Phi) is 4.79. The van der Waals surface area contributed by atoms with Crippen LogP contribution in [0.4, 0.5) is 13.2 Å². The van der Waals surface area contributed by atoms with Gasteiger partial charge in [-0.3, -0.25) is 5.10 Å². The van der Waals surface area contributed by atoms with Gasteiger partial charge in [0, 0.05) is 36.1 Å². The molecule has 0 radical (unpaired) electrons. The monoisotopic (exact) mass is 300 g/mol. The molecule has 2 N–H and O–H groups in total. The lowest BCUT2D eigenvalue weighted by Crippen LogP contribution is -2.21. The Morgan fingerprint density at radius 2 is 2.05 bits per heavy atom. The van der Waals surface area contributed by atoms with Crippen molar-refractivity contribution in [3.05, 3.63) is 41.3 Å². The Hall–Kier alpha value is -2.09. The number of hydrogen-bond donors (Lipinski definition) is 2. The molecule has 0 aliphatic heterocycles. The van der Waals surface area contributed by atoms with Gasteiger partial charge in [0.05, 0.1) is 6.20 Å². The van der Waals surface area contributed by atoms with Crippen LogP contribution < -0.4 is 10.1 Å². The molecular weight excluding hydrogens is 285 g/mol. The van der Waals surface area contributed by atoms with Crippen LogP contribution in [0.3, 0.4) is 0 Å². The second-order valence-electron chi connectivity index (χ2n) is 4.50. The molecule has 0 bridgehead atoms. The van der Waals surface area contributed by atoms with E-state index in [9.17, 15) is 13.2 Å². The SMILES string of the molecule is Cc1[nH]ncc1CNCc1cccnc1OCC(F)(F)F. The van der Waals surface area contributed by atoms with Gasteiger partial charge in [0.2, 0.25) is 5.88 Å². The van der Waals surface area contributed by atoms with Crippen molar-refractivity contribution in [2.24, 2.45) is 0 Å². The molecule has 8 heteroatoms. The molecule has 0 fully saturated rings. The van der Waals surface area contributed by atoms with Crippen LogP contribution in [0.2, 0.25) is 0 Å². The standard InChI is InChI=1S/C13H15F3N4O/c1-9-11(7-19-20-9)6-17-5-10-3-2-4-18-12(10)21-8-13(14,15)16/h2-4,7,17H,5-6,8H2,1H3,(H,19,20). The van der Waals surface area contributed by atoms with Gasteiger partial charge in [0.15, 0.2) is 6.61 Å². The molecule has 2 heterocycles. The first-order valence-corrected chi connectivity index (χ1v) is 6.29. The quantitative estimate of drug-likeness (QED) is 0.859. The molecule has 21 heavy (non-hydrogen) atoms. The molecule has 2 aromatic rings.